The lowest BCUT2D eigenvalue weighted by atomic mass is 10.1. The Morgan fingerprint density at radius 2 is 2.00 bits per heavy atom. The van der Waals surface area contributed by atoms with Gasteiger partial charge in [-0.15, -0.1) is 5.10 Å². The van der Waals surface area contributed by atoms with Crippen molar-refractivity contribution in [3.05, 3.63) is 36.0 Å². The highest BCUT2D eigenvalue weighted by atomic mass is 16.4. The monoisotopic (exact) mass is 203 g/mol. The van der Waals surface area contributed by atoms with Gasteiger partial charge in [0.15, 0.2) is 5.69 Å². The van der Waals surface area contributed by atoms with Crippen molar-refractivity contribution in [3.63, 3.8) is 0 Å². The number of carboxylic acid groups (broad SMARTS) is 1. The zero-order valence-electron chi connectivity index (χ0n) is 8.08. The van der Waals surface area contributed by atoms with E-state index in [9.17, 15) is 4.79 Å². The Hall–Kier alpha value is -2.17. The molecule has 0 saturated heterocycles. The van der Waals surface area contributed by atoms with Gasteiger partial charge in [-0.3, -0.25) is 0 Å². The van der Waals surface area contributed by atoms with E-state index in [4.69, 9.17) is 5.11 Å². The number of hydrogen-bond donors (Lipinski definition) is 1. The van der Waals surface area contributed by atoms with Crippen LogP contribution in [0.2, 0.25) is 0 Å². The number of nitrogens with zero attached hydrogens (tertiary/aromatic N) is 3. The average Bonchev–Trinajstić information content (AvgIpc) is 2.61. The van der Waals surface area contributed by atoms with Crippen LogP contribution in [0, 0.1) is 0 Å². The number of carboxylic acids is 1. The molecule has 0 radical (unpaired) electrons. The molecular formula is C10H9N3O2. The minimum atomic E-state index is -1.07. The number of aromatic nitrogens is 3. The van der Waals surface area contributed by atoms with Gasteiger partial charge in [-0.2, -0.15) is 0 Å². The van der Waals surface area contributed by atoms with E-state index in [-0.39, 0.29) is 5.69 Å². The van der Waals surface area contributed by atoms with Crippen LogP contribution >= 0.6 is 0 Å². The number of rotatable bonds is 2. The van der Waals surface area contributed by atoms with Crippen LogP contribution in [0.3, 0.4) is 0 Å². The Bertz CT molecular complexity index is 491. The minimum absolute atomic E-state index is 0.0244. The number of carbonyl (C=O) groups is 1. The molecule has 0 atom stereocenters. The van der Waals surface area contributed by atoms with Crippen LogP contribution < -0.4 is 0 Å². The van der Waals surface area contributed by atoms with Gasteiger partial charge in [0.25, 0.3) is 0 Å². The van der Waals surface area contributed by atoms with Gasteiger partial charge in [-0.25, -0.2) is 9.48 Å². The van der Waals surface area contributed by atoms with Gasteiger partial charge in [-0.1, -0.05) is 35.5 Å². The van der Waals surface area contributed by atoms with Gasteiger partial charge >= 0.3 is 5.97 Å². The first-order valence-corrected chi connectivity index (χ1v) is 4.38. The van der Waals surface area contributed by atoms with E-state index < -0.39 is 5.97 Å². The molecule has 15 heavy (non-hydrogen) atoms. The molecule has 0 aliphatic carbocycles. The molecule has 2 aromatic rings. The van der Waals surface area contributed by atoms with Crippen molar-refractivity contribution < 1.29 is 9.90 Å². The second-order valence-electron chi connectivity index (χ2n) is 3.08. The van der Waals surface area contributed by atoms with Gasteiger partial charge < -0.3 is 5.11 Å². The second-order valence-corrected chi connectivity index (χ2v) is 3.08. The molecule has 5 heteroatoms. The summed E-state index contributed by atoms with van der Waals surface area (Å²) < 4.78 is 1.46. The molecule has 1 heterocycles. The van der Waals surface area contributed by atoms with Gasteiger partial charge in [0, 0.05) is 12.6 Å². The summed E-state index contributed by atoms with van der Waals surface area (Å²) in [6, 6.07) is 9.20. The van der Waals surface area contributed by atoms with Crippen molar-refractivity contribution in [3.8, 4) is 11.3 Å². The Morgan fingerprint density at radius 1 is 1.33 bits per heavy atom. The highest BCUT2D eigenvalue weighted by molar-refractivity contribution is 5.92. The highest BCUT2D eigenvalue weighted by Gasteiger charge is 2.18. The number of benzene rings is 1. The van der Waals surface area contributed by atoms with Crippen molar-refractivity contribution in [2.45, 2.75) is 0 Å². The van der Waals surface area contributed by atoms with E-state index in [1.54, 1.807) is 7.05 Å². The van der Waals surface area contributed by atoms with Crippen LogP contribution in [0.5, 0.6) is 0 Å². The molecule has 0 fully saturated rings. The SMILES string of the molecule is Cn1nnc(C(=O)O)c1-c1ccccc1. The Morgan fingerprint density at radius 3 is 2.60 bits per heavy atom. The molecular weight excluding hydrogens is 194 g/mol. The van der Waals surface area contributed by atoms with Gasteiger partial charge in [0.05, 0.1) is 0 Å². The predicted octanol–water partition coefficient (Wildman–Crippen LogP) is 1.18. The average molecular weight is 203 g/mol. The standard InChI is InChI=1S/C10H9N3O2/c1-13-9(7-5-3-2-4-6-7)8(10(14)15)11-12-13/h2-6H,1H3,(H,14,15). The van der Waals surface area contributed by atoms with Crippen LogP contribution in [0.1, 0.15) is 10.5 Å². The molecule has 5 nitrogen and oxygen atoms in total. The van der Waals surface area contributed by atoms with Crippen LogP contribution in [0.4, 0.5) is 0 Å². The smallest absolute Gasteiger partial charge is 0.358 e. The lowest BCUT2D eigenvalue weighted by Crippen LogP contribution is -2.01. The molecule has 1 N–H and O–H groups in total. The quantitative estimate of drug-likeness (QED) is 0.795. The molecule has 2 rings (SSSR count). The molecule has 0 unspecified atom stereocenters. The Kier molecular flexibility index (Phi) is 2.21. The molecule has 1 aromatic carbocycles. The predicted molar refractivity (Wildman–Crippen MR) is 53.4 cm³/mol. The van der Waals surface area contributed by atoms with E-state index in [0.29, 0.717) is 5.69 Å². The fraction of sp³-hybridized carbons (Fsp3) is 0.100. The van der Waals surface area contributed by atoms with E-state index in [0.717, 1.165) is 5.56 Å². The molecule has 0 aliphatic heterocycles. The fourth-order valence-corrected chi connectivity index (χ4v) is 1.42. The topological polar surface area (TPSA) is 68.0 Å². The summed E-state index contributed by atoms with van der Waals surface area (Å²) in [5, 5.41) is 16.2. The van der Waals surface area contributed by atoms with Crippen molar-refractivity contribution >= 4 is 5.97 Å². The number of aromatic carboxylic acids is 1. The Labute approximate surface area is 86.0 Å². The number of aryl methyl sites for hydroxylation is 1. The van der Waals surface area contributed by atoms with Gasteiger partial charge in [0.2, 0.25) is 0 Å². The highest BCUT2D eigenvalue weighted by Crippen LogP contribution is 2.20. The summed E-state index contributed by atoms with van der Waals surface area (Å²) in [6.07, 6.45) is 0. The molecule has 0 spiro atoms. The normalized spacial score (nSPS) is 10.2. The third-order valence-corrected chi connectivity index (χ3v) is 2.08. The van der Waals surface area contributed by atoms with Crippen molar-refractivity contribution in [1.82, 2.24) is 15.0 Å². The summed E-state index contributed by atoms with van der Waals surface area (Å²) >= 11 is 0. The maximum atomic E-state index is 10.9. The molecule has 0 aliphatic rings. The van der Waals surface area contributed by atoms with E-state index in [1.807, 2.05) is 30.3 Å². The third-order valence-electron chi connectivity index (χ3n) is 2.08. The van der Waals surface area contributed by atoms with Crippen LogP contribution in [-0.4, -0.2) is 26.1 Å². The van der Waals surface area contributed by atoms with Crippen LogP contribution in [0.25, 0.3) is 11.3 Å². The second kappa shape index (κ2) is 3.53. The van der Waals surface area contributed by atoms with Gasteiger partial charge in [0.1, 0.15) is 5.69 Å². The van der Waals surface area contributed by atoms with Crippen molar-refractivity contribution in [2.24, 2.45) is 7.05 Å². The largest absolute Gasteiger partial charge is 0.476 e. The zero-order valence-corrected chi connectivity index (χ0v) is 8.08. The molecule has 1 aromatic heterocycles. The molecule has 0 amide bonds. The molecule has 76 valence electrons. The summed E-state index contributed by atoms with van der Waals surface area (Å²) in [5.41, 5.74) is 1.29. The lowest BCUT2D eigenvalue weighted by Gasteiger charge is -2.01. The van der Waals surface area contributed by atoms with Crippen LogP contribution in [0.15, 0.2) is 30.3 Å². The number of hydrogen-bond acceptors (Lipinski definition) is 3. The van der Waals surface area contributed by atoms with Crippen molar-refractivity contribution in [1.29, 1.82) is 0 Å². The van der Waals surface area contributed by atoms with E-state index in [1.165, 1.54) is 4.68 Å². The summed E-state index contributed by atoms with van der Waals surface area (Å²) in [4.78, 5) is 10.9. The first kappa shape index (κ1) is 9.39. The summed E-state index contributed by atoms with van der Waals surface area (Å²) in [7, 11) is 1.67. The molecule has 0 bridgehead atoms. The minimum Gasteiger partial charge on any atom is -0.476 e. The fourth-order valence-electron chi connectivity index (χ4n) is 1.42. The van der Waals surface area contributed by atoms with Gasteiger partial charge in [-0.05, 0) is 0 Å². The first-order valence-electron chi connectivity index (χ1n) is 4.38. The molecule has 0 saturated carbocycles. The van der Waals surface area contributed by atoms with Crippen LogP contribution in [-0.2, 0) is 7.05 Å². The van der Waals surface area contributed by atoms with E-state index in [2.05, 4.69) is 10.3 Å². The Balaban J connectivity index is 2.62. The lowest BCUT2D eigenvalue weighted by molar-refractivity contribution is 0.0691. The zero-order chi connectivity index (χ0) is 10.8. The van der Waals surface area contributed by atoms with Crippen molar-refractivity contribution in [2.75, 3.05) is 0 Å². The maximum Gasteiger partial charge on any atom is 0.358 e. The summed E-state index contributed by atoms with van der Waals surface area (Å²) in [6.45, 7) is 0. The maximum absolute atomic E-state index is 10.9. The van der Waals surface area contributed by atoms with E-state index >= 15 is 0 Å². The summed E-state index contributed by atoms with van der Waals surface area (Å²) in [5.74, 6) is -1.07. The third kappa shape index (κ3) is 1.59. The first-order chi connectivity index (χ1) is 7.20.